The van der Waals surface area contributed by atoms with Crippen molar-refractivity contribution in [3.05, 3.63) is 47.8 Å². The summed E-state index contributed by atoms with van der Waals surface area (Å²) in [6.07, 6.45) is 2.39. The summed E-state index contributed by atoms with van der Waals surface area (Å²) in [6, 6.07) is 9.17. The third kappa shape index (κ3) is 2.73. The van der Waals surface area contributed by atoms with Crippen molar-refractivity contribution in [2.75, 3.05) is 5.32 Å². The molecule has 0 aliphatic heterocycles. The molecule has 0 aliphatic rings. The van der Waals surface area contributed by atoms with Crippen LogP contribution in [0.3, 0.4) is 0 Å². The first-order chi connectivity index (χ1) is 10.5. The van der Waals surface area contributed by atoms with Crippen molar-refractivity contribution < 1.29 is 4.79 Å². The number of benzene rings is 1. The van der Waals surface area contributed by atoms with Crippen molar-refractivity contribution in [3.8, 4) is 0 Å². The number of nitrogens with one attached hydrogen (secondary N) is 2. The second-order valence-electron chi connectivity index (χ2n) is 5.45. The van der Waals surface area contributed by atoms with E-state index in [-0.39, 0.29) is 5.91 Å². The summed E-state index contributed by atoms with van der Waals surface area (Å²) in [6.45, 7) is 1.88. The maximum atomic E-state index is 12.2. The van der Waals surface area contributed by atoms with Crippen molar-refractivity contribution in [3.63, 3.8) is 0 Å². The molecule has 2 aromatic heterocycles. The lowest BCUT2D eigenvalue weighted by atomic mass is 10.1. The largest absolute Gasteiger partial charge is 0.361 e. The summed E-state index contributed by atoms with van der Waals surface area (Å²) in [5.74, 6) is 0.435. The molecule has 4 N–H and O–H groups in total. The monoisotopic (exact) mass is 297 g/mol. The Morgan fingerprint density at radius 2 is 2.23 bits per heavy atom. The number of aromatic nitrogens is 3. The molecule has 6 nitrogen and oxygen atoms in total. The predicted molar refractivity (Wildman–Crippen MR) is 86.6 cm³/mol. The Hall–Kier alpha value is -2.60. The van der Waals surface area contributed by atoms with Crippen LogP contribution < -0.4 is 11.1 Å². The van der Waals surface area contributed by atoms with Gasteiger partial charge in [-0.15, -0.1) is 0 Å². The van der Waals surface area contributed by atoms with Gasteiger partial charge in [0.1, 0.15) is 5.82 Å². The van der Waals surface area contributed by atoms with E-state index >= 15 is 0 Å². The number of hydrogen-bond donors (Lipinski definition) is 3. The Morgan fingerprint density at radius 3 is 2.95 bits per heavy atom. The number of nitrogens with two attached hydrogens (primary N) is 1. The number of para-hydroxylation sites is 1. The molecular formula is C16H19N5O. The van der Waals surface area contributed by atoms with Gasteiger partial charge in [0.25, 0.3) is 0 Å². The number of H-pyrrole nitrogens is 1. The van der Waals surface area contributed by atoms with Crippen LogP contribution in [0, 0.1) is 6.92 Å². The molecular weight excluding hydrogens is 278 g/mol. The van der Waals surface area contributed by atoms with E-state index in [1.165, 1.54) is 0 Å². The Labute approximate surface area is 128 Å². The Bertz CT molecular complexity index is 817. The molecule has 0 saturated carbocycles. The van der Waals surface area contributed by atoms with Crippen LogP contribution in [-0.4, -0.2) is 26.7 Å². The summed E-state index contributed by atoms with van der Waals surface area (Å²) in [5.41, 5.74) is 8.99. The van der Waals surface area contributed by atoms with Crippen LogP contribution in [0.5, 0.6) is 0 Å². The zero-order valence-electron chi connectivity index (χ0n) is 12.6. The summed E-state index contributed by atoms with van der Waals surface area (Å²) in [5, 5.41) is 8.11. The topological polar surface area (TPSA) is 88.7 Å². The molecule has 0 spiro atoms. The highest BCUT2D eigenvalue weighted by molar-refractivity contribution is 5.94. The van der Waals surface area contributed by atoms with E-state index in [9.17, 15) is 4.79 Å². The summed E-state index contributed by atoms with van der Waals surface area (Å²) in [7, 11) is 1.79. The van der Waals surface area contributed by atoms with Gasteiger partial charge >= 0.3 is 0 Å². The molecule has 1 aromatic carbocycles. The van der Waals surface area contributed by atoms with Gasteiger partial charge in [-0.25, -0.2) is 0 Å². The van der Waals surface area contributed by atoms with Crippen LogP contribution in [0.2, 0.25) is 0 Å². The third-order valence-electron chi connectivity index (χ3n) is 3.70. The molecule has 2 heterocycles. The second kappa shape index (κ2) is 5.65. The number of aryl methyl sites for hydroxylation is 2. The molecule has 6 heteroatoms. The highest BCUT2D eigenvalue weighted by atomic mass is 16.2. The smallest absolute Gasteiger partial charge is 0.242 e. The van der Waals surface area contributed by atoms with E-state index in [1.807, 2.05) is 43.5 Å². The molecule has 22 heavy (non-hydrogen) atoms. The maximum absolute atomic E-state index is 12.2. The average molecular weight is 297 g/mol. The lowest BCUT2D eigenvalue weighted by molar-refractivity contribution is -0.117. The van der Waals surface area contributed by atoms with Crippen molar-refractivity contribution >= 4 is 22.6 Å². The second-order valence-corrected chi connectivity index (χ2v) is 5.45. The zero-order chi connectivity index (χ0) is 15.7. The highest BCUT2D eigenvalue weighted by Crippen LogP contribution is 2.19. The quantitative estimate of drug-likeness (QED) is 0.685. The van der Waals surface area contributed by atoms with E-state index in [0.29, 0.717) is 12.2 Å². The first-order valence-corrected chi connectivity index (χ1v) is 7.16. The molecule has 0 unspecified atom stereocenters. The minimum absolute atomic E-state index is 0.215. The first kappa shape index (κ1) is 14.3. The van der Waals surface area contributed by atoms with Gasteiger partial charge in [-0.3, -0.25) is 9.48 Å². The summed E-state index contributed by atoms with van der Waals surface area (Å²) >= 11 is 0. The number of amides is 1. The van der Waals surface area contributed by atoms with E-state index in [1.54, 1.807) is 11.7 Å². The fraction of sp³-hybridized carbons (Fsp3) is 0.250. The van der Waals surface area contributed by atoms with Crippen LogP contribution in [-0.2, 0) is 18.3 Å². The summed E-state index contributed by atoms with van der Waals surface area (Å²) in [4.78, 5) is 15.4. The molecule has 0 aliphatic carbocycles. The van der Waals surface area contributed by atoms with Gasteiger partial charge < -0.3 is 16.0 Å². The molecule has 3 rings (SSSR count). The third-order valence-corrected chi connectivity index (χ3v) is 3.70. The molecule has 1 amide bonds. The lowest BCUT2D eigenvalue weighted by Gasteiger charge is -2.11. The van der Waals surface area contributed by atoms with Gasteiger partial charge in [-0.1, -0.05) is 18.2 Å². The number of anilines is 1. The minimum Gasteiger partial charge on any atom is -0.361 e. The zero-order valence-corrected chi connectivity index (χ0v) is 12.6. The number of fused-ring (bicyclic) bond motifs is 1. The van der Waals surface area contributed by atoms with Gasteiger partial charge in [0.05, 0.1) is 11.7 Å². The first-order valence-electron chi connectivity index (χ1n) is 7.16. The van der Waals surface area contributed by atoms with Crippen LogP contribution in [0.1, 0.15) is 11.3 Å². The highest BCUT2D eigenvalue weighted by Gasteiger charge is 2.17. The predicted octanol–water partition coefficient (Wildman–Crippen LogP) is 1.72. The number of nitrogens with zero attached hydrogens (tertiary/aromatic N) is 2. The fourth-order valence-corrected chi connectivity index (χ4v) is 2.58. The Kier molecular flexibility index (Phi) is 3.68. The molecule has 1 atom stereocenters. The Morgan fingerprint density at radius 1 is 1.45 bits per heavy atom. The van der Waals surface area contributed by atoms with E-state index < -0.39 is 6.04 Å². The van der Waals surface area contributed by atoms with E-state index in [0.717, 1.165) is 22.2 Å². The molecule has 0 saturated heterocycles. The van der Waals surface area contributed by atoms with Crippen molar-refractivity contribution in [2.24, 2.45) is 12.8 Å². The average Bonchev–Trinajstić information content (AvgIpc) is 3.03. The van der Waals surface area contributed by atoms with Crippen LogP contribution in [0.4, 0.5) is 5.82 Å². The summed E-state index contributed by atoms with van der Waals surface area (Å²) < 4.78 is 1.63. The van der Waals surface area contributed by atoms with Crippen molar-refractivity contribution in [2.45, 2.75) is 19.4 Å². The molecule has 0 fully saturated rings. The number of carbonyl (C=O) groups is 1. The van der Waals surface area contributed by atoms with Gasteiger partial charge in [0.2, 0.25) is 5.91 Å². The van der Waals surface area contributed by atoms with E-state index in [2.05, 4.69) is 15.4 Å². The normalized spacial score (nSPS) is 12.5. The number of aromatic amines is 1. The van der Waals surface area contributed by atoms with Crippen molar-refractivity contribution in [1.29, 1.82) is 0 Å². The molecule has 114 valence electrons. The molecule has 3 aromatic rings. The van der Waals surface area contributed by atoms with Crippen molar-refractivity contribution in [1.82, 2.24) is 14.8 Å². The Balaban J connectivity index is 1.72. The van der Waals surface area contributed by atoms with E-state index in [4.69, 9.17) is 5.73 Å². The number of rotatable bonds is 4. The van der Waals surface area contributed by atoms with Crippen LogP contribution in [0.25, 0.3) is 10.9 Å². The number of hydrogen-bond acceptors (Lipinski definition) is 3. The van der Waals surface area contributed by atoms with Gasteiger partial charge in [0.15, 0.2) is 0 Å². The molecule has 0 radical (unpaired) electrons. The van der Waals surface area contributed by atoms with Crippen LogP contribution in [0.15, 0.2) is 36.5 Å². The standard InChI is InChI=1S/C16H19N5O/c1-10-7-15(21(2)20-10)19-16(22)13(17)8-11-9-18-14-6-4-3-5-12(11)14/h3-7,9,13,18H,8,17H2,1-2H3,(H,19,22)/t13-/m0/s1. The van der Waals surface area contributed by atoms with Gasteiger partial charge in [-0.05, 0) is 25.0 Å². The lowest BCUT2D eigenvalue weighted by Crippen LogP contribution is -2.37. The van der Waals surface area contributed by atoms with Gasteiger partial charge in [0, 0.05) is 30.2 Å². The number of carbonyl (C=O) groups excluding carboxylic acids is 1. The SMILES string of the molecule is Cc1cc(NC(=O)[C@@H](N)Cc2c[nH]c3ccccc23)n(C)n1. The van der Waals surface area contributed by atoms with Crippen LogP contribution >= 0.6 is 0 Å². The van der Waals surface area contributed by atoms with Gasteiger partial charge in [-0.2, -0.15) is 5.10 Å². The minimum atomic E-state index is -0.616. The molecule has 0 bridgehead atoms. The fourth-order valence-electron chi connectivity index (χ4n) is 2.58. The maximum Gasteiger partial charge on any atom is 0.242 e.